The molecule has 0 amide bonds. The molecule has 0 atom stereocenters. The summed E-state index contributed by atoms with van der Waals surface area (Å²) in [6.45, 7) is 15.2. The van der Waals surface area contributed by atoms with Gasteiger partial charge in [0, 0.05) is 88.0 Å². The number of hydrogen-bond donors (Lipinski definition) is 2. The molecule has 14 nitrogen and oxygen atoms in total. The third-order valence-electron chi connectivity index (χ3n) is 11.1. The molecule has 0 aliphatic carbocycles. The van der Waals surface area contributed by atoms with Crippen molar-refractivity contribution < 1.29 is 0 Å². The minimum atomic E-state index is -0.0723. The predicted octanol–water partition coefficient (Wildman–Crippen LogP) is 4.99. The predicted molar refractivity (Wildman–Crippen MR) is 227 cm³/mol. The van der Waals surface area contributed by atoms with E-state index >= 15 is 0 Å². The van der Waals surface area contributed by atoms with Gasteiger partial charge in [0.25, 0.3) is 11.1 Å². The summed E-state index contributed by atoms with van der Waals surface area (Å²) in [6.07, 6.45) is 3.82. The molecule has 8 heterocycles. The molecule has 2 N–H and O–H groups in total. The largest absolute Gasteiger partial charge is 0.368 e. The summed E-state index contributed by atoms with van der Waals surface area (Å²) in [7, 11) is 2.13. The molecular formula is C43H46N12O2. The zero-order chi connectivity index (χ0) is 39.2. The van der Waals surface area contributed by atoms with Gasteiger partial charge in [-0.2, -0.15) is 0 Å². The second-order valence-corrected chi connectivity index (χ2v) is 15.0. The summed E-state index contributed by atoms with van der Waals surface area (Å²) in [4.78, 5) is 59.8. The molecule has 8 aromatic rings. The van der Waals surface area contributed by atoms with Crippen LogP contribution in [0, 0.1) is 13.8 Å². The van der Waals surface area contributed by atoms with Crippen molar-refractivity contribution in [3.63, 3.8) is 0 Å². The zero-order valence-electron chi connectivity index (χ0n) is 32.7. The lowest BCUT2D eigenvalue weighted by molar-refractivity contribution is 0.271. The Hall–Kier alpha value is -6.38. The number of fused-ring (bicyclic) bond motifs is 4. The fourth-order valence-electron chi connectivity index (χ4n) is 7.83. The van der Waals surface area contributed by atoms with Gasteiger partial charge in [0.2, 0.25) is 0 Å². The second-order valence-electron chi connectivity index (χ2n) is 15.0. The molecule has 0 spiro atoms. The third-order valence-corrected chi connectivity index (χ3v) is 11.1. The molecule has 14 heteroatoms. The molecule has 2 aromatic carbocycles. The molecule has 2 aliphatic rings. The number of aromatic nitrogens is 8. The van der Waals surface area contributed by atoms with Gasteiger partial charge in [0.1, 0.15) is 22.9 Å². The summed E-state index contributed by atoms with van der Waals surface area (Å²) in [6, 6.07) is 23.0. The van der Waals surface area contributed by atoms with Crippen LogP contribution in [0.4, 0.5) is 11.4 Å². The highest BCUT2D eigenvalue weighted by molar-refractivity contribution is 5.82. The van der Waals surface area contributed by atoms with E-state index in [1.807, 2.05) is 74.8 Å². The van der Waals surface area contributed by atoms with Crippen molar-refractivity contribution in [2.45, 2.75) is 20.8 Å². The Morgan fingerprint density at radius 1 is 0.561 bits per heavy atom. The molecule has 0 bridgehead atoms. The second kappa shape index (κ2) is 14.9. The van der Waals surface area contributed by atoms with Crippen LogP contribution >= 0.6 is 0 Å². The summed E-state index contributed by atoms with van der Waals surface area (Å²) < 4.78 is 3.28. The molecule has 57 heavy (non-hydrogen) atoms. The molecule has 290 valence electrons. The van der Waals surface area contributed by atoms with E-state index in [4.69, 9.17) is 9.97 Å². The number of H-pyrrole nitrogens is 2. The monoisotopic (exact) mass is 762 g/mol. The zero-order valence-corrected chi connectivity index (χ0v) is 32.7. The Morgan fingerprint density at radius 2 is 1.02 bits per heavy atom. The van der Waals surface area contributed by atoms with Crippen molar-refractivity contribution in [3.8, 4) is 22.5 Å². The van der Waals surface area contributed by atoms with Gasteiger partial charge in [-0.15, -0.1) is 0 Å². The first-order valence-corrected chi connectivity index (χ1v) is 19.6. The van der Waals surface area contributed by atoms with Crippen molar-refractivity contribution in [2.75, 3.05) is 75.8 Å². The van der Waals surface area contributed by atoms with Crippen LogP contribution in [0.15, 0.2) is 94.8 Å². The van der Waals surface area contributed by atoms with Gasteiger partial charge in [0.15, 0.2) is 0 Å². The van der Waals surface area contributed by atoms with E-state index < -0.39 is 0 Å². The molecule has 2 aliphatic heterocycles. The number of anilines is 2. The van der Waals surface area contributed by atoms with Crippen LogP contribution in [-0.2, 0) is 0 Å². The van der Waals surface area contributed by atoms with Crippen molar-refractivity contribution in [2.24, 2.45) is 0 Å². The number of rotatable bonds is 5. The highest BCUT2D eigenvalue weighted by atomic mass is 16.1. The maximum atomic E-state index is 12.9. The summed E-state index contributed by atoms with van der Waals surface area (Å²) in [5.41, 5.74) is 10.2. The SMILES string of the molecule is CCN1CCN(c2ccc3nc(-c4ccc5nc(C)[nH]c5c4)cc(=O)n3c2)CC1.Cc1nc2ccc(-c3cc(=O)n4cc(N5CCN(C)CC5)ccc4n3)cc2[nH]1. The first kappa shape index (κ1) is 36.3. The van der Waals surface area contributed by atoms with Crippen LogP contribution in [0.25, 0.3) is 55.9 Å². The van der Waals surface area contributed by atoms with Crippen LogP contribution in [0.1, 0.15) is 18.6 Å². The Morgan fingerprint density at radius 3 is 1.47 bits per heavy atom. The Balaban J connectivity index is 0.000000148. The summed E-state index contributed by atoms with van der Waals surface area (Å²) in [5.74, 6) is 1.74. The number of benzene rings is 2. The van der Waals surface area contributed by atoms with Crippen LogP contribution in [0.2, 0.25) is 0 Å². The van der Waals surface area contributed by atoms with E-state index in [0.29, 0.717) is 22.7 Å². The first-order valence-electron chi connectivity index (χ1n) is 19.6. The lowest BCUT2D eigenvalue weighted by Crippen LogP contribution is -2.46. The fraction of sp³-hybridized carbons (Fsp3) is 0.302. The molecule has 0 radical (unpaired) electrons. The molecule has 0 unspecified atom stereocenters. The van der Waals surface area contributed by atoms with E-state index in [1.54, 1.807) is 20.9 Å². The topological polar surface area (TPSA) is 139 Å². The fourth-order valence-corrected chi connectivity index (χ4v) is 7.83. The molecule has 2 fully saturated rings. The van der Waals surface area contributed by atoms with Crippen LogP contribution in [0.3, 0.4) is 0 Å². The Bertz CT molecular complexity index is 2870. The number of aromatic amines is 2. The third kappa shape index (κ3) is 7.36. The van der Waals surface area contributed by atoms with Gasteiger partial charge in [0.05, 0.1) is 44.8 Å². The van der Waals surface area contributed by atoms with Crippen LogP contribution in [-0.4, -0.2) is 114 Å². The molecular weight excluding hydrogens is 717 g/mol. The lowest BCUT2D eigenvalue weighted by atomic mass is 10.1. The van der Waals surface area contributed by atoms with E-state index in [-0.39, 0.29) is 11.1 Å². The maximum Gasteiger partial charge on any atom is 0.258 e. The van der Waals surface area contributed by atoms with E-state index in [2.05, 4.69) is 65.6 Å². The minimum absolute atomic E-state index is 0.0695. The number of aryl methyl sites for hydroxylation is 2. The molecule has 10 rings (SSSR count). The molecule has 2 saturated heterocycles. The van der Waals surface area contributed by atoms with Gasteiger partial charge < -0.3 is 29.6 Å². The van der Waals surface area contributed by atoms with E-state index in [1.165, 1.54) is 0 Å². The standard InChI is InChI=1S/C22H24N6O.C21H22N6O/c1-3-26-8-10-27(11-9-26)17-5-7-21-25-19(13-22(29)28(21)14-17)16-4-6-18-20(12-16)24-15(2)23-18;1-14-22-17-5-3-15(11-19(17)23-14)18-12-21(28)27-13-16(4-6-20(27)24-18)26-9-7-25(2)8-10-26/h4-7,12-14H,3,8-11H2,1-2H3,(H,23,24);3-6,11-13H,7-10H2,1-2H3,(H,22,23). The van der Waals surface area contributed by atoms with Gasteiger partial charge in [-0.3, -0.25) is 18.4 Å². The number of hydrogen-bond acceptors (Lipinski definition) is 10. The lowest BCUT2D eigenvalue weighted by Gasteiger charge is -2.35. The Kier molecular flexibility index (Phi) is 9.50. The van der Waals surface area contributed by atoms with Gasteiger partial charge >= 0.3 is 0 Å². The average Bonchev–Trinajstić information content (AvgIpc) is 3.80. The van der Waals surface area contributed by atoms with Gasteiger partial charge in [-0.05, 0) is 76.0 Å². The van der Waals surface area contributed by atoms with Crippen molar-refractivity contribution >= 4 is 44.7 Å². The quantitative estimate of drug-likeness (QED) is 0.247. The summed E-state index contributed by atoms with van der Waals surface area (Å²) in [5, 5.41) is 0. The highest BCUT2D eigenvalue weighted by Crippen LogP contribution is 2.25. The van der Waals surface area contributed by atoms with Crippen molar-refractivity contribution in [3.05, 3.63) is 118 Å². The smallest absolute Gasteiger partial charge is 0.258 e. The van der Waals surface area contributed by atoms with Gasteiger partial charge in [-0.25, -0.2) is 19.9 Å². The van der Waals surface area contributed by atoms with Crippen LogP contribution < -0.4 is 20.9 Å². The number of imidazole rings is 2. The normalized spacial score (nSPS) is 15.5. The van der Waals surface area contributed by atoms with Gasteiger partial charge in [-0.1, -0.05) is 19.1 Å². The van der Waals surface area contributed by atoms with E-state index in [9.17, 15) is 9.59 Å². The van der Waals surface area contributed by atoms with Crippen molar-refractivity contribution in [1.82, 2.24) is 48.5 Å². The number of nitrogens with one attached hydrogen (secondary N) is 2. The Labute approximate surface area is 329 Å². The van der Waals surface area contributed by atoms with E-state index in [0.717, 1.165) is 115 Å². The number of nitrogens with zero attached hydrogens (tertiary/aromatic N) is 10. The number of likely N-dealkylation sites (N-methyl/N-ethyl adjacent to an activating group) is 2. The van der Waals surface area contributed by atoms with Crippen molar-refractivity contribution in [1.29, 1.82) is 0 Å². The molecule has 0 saturated carbocycles. The number of pyridine rings is 2. The summed E-state index contributed by atoms with van der Waals surface area (Å²) >= 11 is 0. The minimum Gasteiger partial charge on any atom is -0.368 e. The average molecular weight is 763 g/mol. The molecule has 6 aromatic heterocycles. The maximum absolute atomic E-state index is 12.9. The first-order chi connectivity index (χ1) is 27.7. The van der Waals surface area contributed by atoms with Crippen LogP contribution in [0.5, 0.6) is 0 Å². The highest BCUT2D eigenvalue weighted by Gasteiger charge is 2.18. The number of piperazine rings is 2.